The maximum atomic E-state index is 11.6. The average molecular weight is 257 g/mol. The zero-order chi connectivity index (χ0) is 10.1. The van der Waals surface area contributed by atoms with E-state index < -0.39 is 0 Å². The van der Waals surface area contributed by atoms with Crippen molar-refractivity contribution in [1.29, 1.82) is 0 Å². The van der Waals surface area contributed by atoms with Gasteiger partial charge in [-0.25, -0.2) is 0 Å². The Balaban J connectivity index is 2.60. The summed E-state index contributed by atoms with van der Waals surface area (Å²) < 4.78 is 11.2. The van der Waals surface area contributed by atoms with Crippen LogP contribution in [0.25, 0.3) is 0 Å². The molecule has 4 heteroatoms. The SMILES string of the molecule is COc1ccc2c(c1Br)C(=O)CCO2. The molecule has 3 nitrogen and oxygen atoms in total. The van der Waals surface area contributed by atoms with Gasteiger partial charge in [0.2, 0.25) is 0 Å². The number of benzene rings is 1. The molecule has 1 aromatic carbocycles. The lowest BCUT2D eigenvalue weighted by Gasteiger charge is -2.18. The van der Waals surface area contributed by atoms with E-state index in [-0.39, 0.29) is 5.78 Å². The van der Waals surface area contributed by atoms with E-state index in [4.69, 9.17) is 9.47 Å². The molecule has 0 radical (unpaired) electrons. The fraction of sp³-hybridized carbons (Fsp3) is 0.300. The minimum atomic E-state index is 0.0945. The van der Waals surface area contributed by atoms with Crippen molar-refractivity contribution < 1.29 is 14.3 Å². The van der Waals surface area contributed by atoms with E-state index in [1.807, 2.05) is 0 Å². The van der Waals surface area contributed by atoms with Gasteiger partial charge in [0, 0.05) is 6.42 Å². The Hall–Kier alpha value is -1.03. The molecule has 0 bridgehead atoms. The Morgan fingerprint density at radius 3 is 3.00 bits per heavy atom. The van der Waals surface area contributed by atoms with Crippen molar-refractivity contribution in [2.24, 2.45) is 0 Å². The molecule has 0 saturated heterocycles. The molecule has 0 atom stereocenters. The van der Waals surface area contributed by atoms with Crippen molar-refractivity contribution in [3.63, 3.8) is 0 Å². The van der Waals surface area contributed by atoms with Gasteiger partial charge in [-0.2, -0.15) is 0 Å². The molecular formula is C10H9BrO3. The summed E-state index contributed by atoms with van der Waals surface area (Å²) >= 11 is 3.34. The van der Waals surface area contributed by atoms with Crippen LogP contribution in [-0.2, 0) is 0 Å². The Morgan fingerprint density at radius 1 is 1.50 bits per heavy atom. The molecule has 1 aromatic rings. The van der Waals surface area contributed by atoms with E-state index in [9.17, 15) is 4.79 Å². The lowest BCUT2D eigenvalue weighted by atomic mass is 10.0. The Kier molecular flexibility index (Phi) is 2.46. The van der Waals surface area contributed by atoms with Gasteiger partial charge in [-0.3, -0.25) is 4.79 Å². The van der Waals surface area contributed by atoms with Crippen LogP contribution in [0.1, 0.15) is 16.8 Å². The topological polar surface area (TPSA) is 35.5 Å². The third kappa shape index (κ3) is 1.39. The zero-order valence-electron chi connectivity index (χ0n) is 7.67. The summed E-state index contributed by atoms with van der Waals surface area (Å²) in [7, 11) is 1.57. The standard InChI is InChI=1S/C10H9BrO3/c1-13-8-3-2-7-9(10(8)11)6(12)4-5-14-7/h2-3H,4-5H2,1H3. The highest BCUT2D eigenvalue weighted by Crippen LogP contribution is 2.37. The molecule has 0 aromatic heterocycles. The van der Waals surface area contributed by atoms with Gasteiger partial charge in [0.1, 0.15) is 11.5 Å². The molecule has 2 rings (SSSR count). The number of hydrogen-bond acceptors (Lipinski definition) is 3. The first-order valence-electron chi connectivity index (χ1n) is 4.26. The van der Waals surface area contributed by atoms with Crippen molar-refractivity contribution in [1.82, 2.24) is 0 Å². The van der Waals surface area contributed by atoms with Crippen LogP contribution >= 0.6 is 15.9 Å². The first-order valence-corrected chi connectivity index (χ1v) is 5.06. The number of carbonyl (C=O) groups is 1. The summed E-state index contributed by atoms with van der Waals surface area (Å²) in [5.41, 5.74) is 0.593. The number of ketones is 1. The highest BCUT2D eigenvalue weighted by Gasteiger charge is 2.23. The van der Waals surface area contributed by atoms with Gasteiger partial charge in [0.25, 0.3) is 0 Å². The number of hydrogen-bond donors (Lipinski definition) is 0. The molecule has 1 aliphatic rings. The first-order chi connectivity index (χ1) is 6.74. The molecule has 0 N–H and O–H groups in total. The number of fused-ring (bicyclic) bond motifs is 1. The second-order valence-corrected chi connectivity index (χ2v) is 3.77. The molecule has 0 fully saturated rings. The number of methoxy groups -OCH3 is 1. The van der Waals surface area contributed by atoms with Crippen LogP contribution in [0.15, 0.2) is 16.6 Å². The van der Waals surface area contributed by atoms with Gasteiger partial charge in [-0.05, 0) is 28.1 Å². The lowest BCUT2D eigenvalue weighted by Crippen LogP contribution is -2.16. The first kappa shape index (κ1) is 9.52. The average Bonchev–Trinajstić information content (AvgIpc) is 2.18. The summed E-state index contributed by atoms with van der Waals surface area (Å²) in [5, 5.41) is 0. The summed E-state index contributed by atoms with van der Waals surface area (Å²) in [6.07, 6.45) is 0.429. The minimum absolute atomic E-state index is 0.0945. The smallest absolute Gasteiger partial charge is 0.171 e. The van der Waals surface area contributed by atoms with E-state index in [1.54, 1.807) is 19.2 Å². The third-order valence-corrected chi connectivity index (χ3v) is 2.94. The minimum Gasteiger partial charge on any atom is -0.496 e. The molecule has 1 heterocycles. The van der Waals surface area contributed by atoms with Crippen molar-refractivity contribution in [2.45, 2.75) is 6.42 Å². The highest BCUT2D eigenvalue weighted by molar-refractivity contribution is 9.10. The second-order valence-electron chi connectivity index (χ2n) is 2.98. The molecule has 0 aliphatic carbocycles. The maximum Gasteiger partial charge on any atom is 0.171 e. The molecule has 0 unspecified atom stereocenters. The van der Waals surface area contributed by atoms with E-state index >= 15 is 0 Å². The van der Waals surface area contributed by atoms with Crippen LogP contribution < -0.4 is 9.47 Å². The summed E-state index contributed by atoms with van der Waals surface area (Å²) in [5.74, 6) is 1.38. The molecular weight excluding hydrogens is 248 g/mol. The van der Waals surface area contributed by atoms with Crippen molar-refractivity contribution >= 4 is 21.7 Å². The van der Waals surface area contributed by atoms with Gasteiger partial charge >= 0.3 is 0 Å². The lowest BCUT2D eigenvalue weighted by molar-refractivity contribution is 0.0932. The van der Waals surface area contributed by atoms with E-state index in [1.165, 1.54) is 0 Å². The van der Waals surface area contributed by atoms with Crippen molar-refractivity contribution in [2.75, 3.05) is 13.7 Å². The number of ether oxygens (including phenoxy) is 2. The van der Waals surface area contributed by atoms with Crippen LogP contribution in [-0.4, -0.2) is 19.5 Å². The van der Waals surface area contributed by atoms with Crippen LogP contribution in [0.4, 0.5) is 0 Å². The number of Topliss-reactive ketones (excluding diaryl/α,β-unsaturated/α-hetero) is 1. The van der Waals surface area contributed by atoms with Gasteiger partial charge in [0.15, 0.2) is 5.78 Å². The largest absolute Gasteiger partial charge is 0.496 e. The van der Waals surface area contributed by atoms with Gasteiger partial charge in [-0.1, -0.05) is 0 Å². The van der Waals surface area contributed by atoms with Gasteiger partial charge in [-0.15, -0.1) is 0 Å². The normalized spacial score (nSPS) is 14.6. The number of halogens is 1. The summed E-state index contributed by atoms with van der Waals surface area (Å²) in [6, 6.07) is 3.54. The van der Waals surface area contributed by atoms with Crippen LogP contribution in [0.2, 0.25) is 0 Å². The molecule has 1 aliphatic heterocycles. The van der Waals surface area contributed by atoms with Crippen molar-refractivity contribution in [3.05, 3.63) is 22.2 Å². The van der Waals surface area contributed by atoms with E-state index in [0.717, 1.165) is 0 Å². The monoisotopic (exact) mass is 256 g/mol. The van der Waals surface area contributed by atoms with E-state index in [0.29, 0.717) is 34.6 Å². The summed E-state index contributed by atoms with van der Waals surface area (Å²) in [4.78, 5) is 11.6. The quantitative estimate of drug-likeness (QED) is 0.775. The fourth-order valence-electron chi connectivity index (χ4n) is 1.46. The summed E-state index contributed by atoms with van der Waals surface area (Å²) in [6.45, 7) is 0.463. The van der Waals surface area contributed by atoms with Crippen LogP contribution in [0.3, 0.4) is 0 Å². The van der Waals surface area contributed by atoms with Gasteiger partial charge < -0.3 is 9.47 Å². The predicted octanol–water partition coefficient (Wildman–Crippen LogP) is 2.42. The Morgan fingerprint density at radius 2 is 2.29 bits per heavy atom. The fourth-order valence-corrected chi connectivity index (χ4v) is 2.17. The maximum absolute atomic E-state index is 11.6. The van der Waals surface area contributed by atoms with Gasteiger partial charge in [0.05, 0.1) is 23.8 Å². The second kappa shape index (κ2) is 3.61. The molecule has 0 saturated carbocycles. The third-order valence-electron chi connectivity index (χ3n) is 2.15. The molecule has 0 spiro atoms. The molecule has 14 heavy (non-hydrogen) atoms. The van der Waals surface area contributed by atoms with Crippen LogP contribution in [0.5, 0.6) is 11.5 Å². The van der Waals surface area contributed by atoms with E-state index in [2.05, 4.69) is 15.9 Å². The number of carbonyl (C=O) groups excluding carboxylic acids is 1. The molecule has 74 valence electrons. The van der Waals surface area contributed by atoms with Crippen molar-refractivity contribution in [3.8, 4) is 11.5 Å². The van der Waals surface area contributed by atoms with Crippen LogP contribution in [0, 0.1) is 0 Å². The predicted molar refractivity (Wildman–Crippen MR) is 55.1 cm³/mol. The zero-order valence-corrected chi connectivity index (χ0v) is 9.26. The molecule has 0 amide bonds. The highest BCUT2D eigenvalue weighted by atomic mass is 79.9. The Bertz CT molecular complexity index is 387. The Labute approximate surface area is 90.1 Å². The number of rotatable bonds is 1.